The number of carbonyl (C=O) groups is 1. The predicted molar refractivity (Wildman–Crippen MR) is 136 cm³/mol. The van der Waals surface area contributed by atoms with Gasteiger partial charge in [0.1, 0.15) is 11.5 Å². The Morgan fingerprint density at radius 1 is 1.12 bits per heavy atom. The summed E-state index contributed by atoms with van der Waals surface area (Å²) in [6.45, 7) is 2.58. The summed E-state index contributed by atoms with van der Waals surface area (Å²) in [6.07, 6.45) is 4.14. The van der Waals surface area contributed by atoms with Gasteiger partial charge in [-0.1, -0.05) is 30.3 Å². The van der Waals surface area contributed by atoms with E-state index in [4.69, 9.17) is 14.2 Å². The highest BCUT2D eigenvalue weighted by Gasteiger charge is 2.23. The Morgan fingerprint density at radius 2 is 2.03 bits per heavy atom. The van der Waals surface area contributed by atoms with Crippen LogP contribution in [-0.2, 0) is 28.9 Å². The van der Waals surface area contributed by atoms with Gasteiger partial charge >= 0.3 is 0 Å². The molecule has 3 aromatic rings. The zero-order valence-corrected chi connectivity index (χ0v) is 20.6. The van der Waals surface area contributed by atoms with Crippen LogP contribution in [0.5, 0.6) is 11.5 Å². The maximum Gasteiger partial charge on any atom is 0.223 e. The van der Waals surface area contributed by atoms with E-state index in [0.717, 1.165) is 48.5 Å². The molecule has 6 heteroatoms. The summed E-state index contributed by atoms with van der Waals surface area (Å²) in [5.74, 6) is 1.80. The molecule has 0 aliphatic carbocycles. The molecule has 2 aromatic carbocycles. The van der Waals surface area contributed by atoms with Gasteiger partial charge in [0, 0.05) is 32.5 Å². The average molecular weight is 480 g/mol. The van der Waals surface area contributed by atoms with Crippen LogP contribution in [0.3, 0.4) is 0 Å². The first kappa shape index (κ1) is 24.3. The number of carbonyl (C=O) groups excluding carboxylic acids is 1. The van der Waals surface area contributed by atoms with Gasteiger partial charge in [-0.15, -0.1) is 0 Å². The van der Waals surface area contributed by atoms with E-state index >= 15 is 0 Å². The number of methoxy groups -OCH3 is 1. The number of rotatable bonds is 12. The fourth-order valence-corrected chi connectivity index (χ4v) is 4.98. The lowest BCUT2D eigenvalue weighted by Gasteiger charge is -2.26. The van der Waals surface area contributed by atoms with Gasteiger partial charge in [0.05, 0.1) is 19.8 Å². The molecule has 1 aliphatic rings. The van der Waals surface area contributed by atoms with Gasteiger partial charge in [-0.25, -0.2) is 0 Å². The minimum absolute atomic E-state index is 0.111. The fourth-order valence-electron chi connectivity index (χ4n) is 4.27. The van der Waals surface area contributed by atoms with Crippen molar-refractivity contribution >= 4 is 17.2 Å². The van der Waals surface area contributed by atoms with Crippen LogP contribution in [0.2, 0.25) is 0 Å². The third-order valence-corrected chi connectivity index (χ3v) is 6.84. The molecule has 0 unspecified atom stereocenters. The van der Waals surface area contributed by atoms with Gasteiger partial charge in [0.2, 0.25) is 5.91 Å². The standard InChI is InChI=1S/C28H33NO4S/c1-31-27-10-3-2-7-24(27)11-12-28(30)29(20-26-9-5-15-32-26)19-23-6-4-8-25(18-23)33-16-13-22-14-17-34-21-22/h2-4,6-8,10,14,17-18,21,26H,5,9,11-13,15-16,19-20H2,1H3/t26-/m0/s1. The van der Waals surface area contributed by atoms with Crippen molar-refractivity contribution in [3.05, 3.63) is 82.0 Å². The lowest BCUT2D eigenvalue weighted by Crippen LogP contribution is -2.37. The van der Waals surface area contributed by atoms with Gasteiger partial charge in [0.15, 0.2) is 0 Å². The van der Waals surface area contributed by atoms with E-state index in [1.165, 1.54) is 5.56 Å². The number of nitrogens with zero attached hydrogens (tertiary/aromatic N) is 1. The van der Waals surface area contributed by atoms with Gasteiger partial charge in [-0.05, 0) is 71.0 Å². The van der Waals surface area contributed by atoms with Crippen LogP contribution in [-0.4, -0.2) is 43.8 Å². The lowest BCUT2D eigenvalue weighted by molar-refractivity contribution is -0.133. The first-order chi connectivity index (χ1) is 16.7. The molecule has 34 heavy (non-hydrogen) atoms. The molecule has 4 rings (SSSR count). The topological polar surface area (TPSA) is 48.0 Å². The number of thiophene rings is 1. The molecular weight excluding hydrogens is 446 g/mol. The maximum absolute atomic E-state index is 13.3. The SMILES string of the molecule is COc1ccccc1CCC(=O)N(Cc1cccc(OCCc2ccsc2)c1)C[C@@H]1CCCO1. The molecule has 1 atom stereocenters. The van der Waals surface area contributed by atoms with Crippen LogP contribution in [0.15, 0.2) is 65.4 Å². The Kier molecular flexibility index (Phi) is 8.99. The number of aryl methyl sites for hydroxylation is 1. The Labute approximate surface area is 206 Å². The predicted octanol–water partition coefficient (Wildman–Crippen LogP) is 5.52. The van der Waals surface area contributed by atoms with E-state index in [1.54, 1.807) is 18.4 Å². The van der Waals surface area contributed by atoms with Crippen molar-refractivity contribution in [2.24, 2.45) is 0 Å². The Bertz CT molecular complexity index is 1030. The normalized spacial score (nSPS) is 15.3. The summed E-state index contributed by atoms with van der Waals surface area (Å²) in [7, 11) is 1.67. The van der Waals surface area contributed by atoms with Crippen molar-refractivity contribution in [3.8, 4) is 11.5 Å². The molecule has 2 heterocycles. The first-order valence-electron chi connectivity index (χ1n) is 12.0. The molecule has 0 spiro atoms. The summed E-state index contributed by atoms with van der Waals surface area (Å²) < 4.78 is 17.3. The molecule has 0 radical (unpaired) electrons. The molecule has 0 bridgehead atoms. The van der Waals surface area contributed by atoms with E-state index < -0.39 is 0 Å². The van der Waals surface area contributed by atoms with Crippen molar-refractivity contribution in [3.63, 3.8) is 0 Å². The zero-order valence-electron chi connectivity index (χ0n) is 19.8. The molecule has 0 N–H and O–H groups in total. The van der Waals surface area contributed by atoms with Crippen LogP contribution < -0.4 is 9.47 Å². The van der Waals surface area contributed by atoms with Crippen molar-refractivity contribution < 1.29 is 19.0 Å². The summed E-state index contributed by atoms with van der Waals surface area (Å²) in [5.41, 5.74) is 3.41. The maximum atomic E-state index is 13.3. The van der Waals surface area contributed by atoms with Crippen LogP contribution in [0, 0.1) is 0 Å². The van der Waals surface area contributed by atoms with Gasteiger partial charge in [-0.3, -0.25) is 4.79 Å². The van der Waals surface area contributed by atoms with E-state index in [9.17, 15) is 4.79 Å². The molecule has 1 saturated heterocycles. The molecule has 1 fully saturated rings. The monoisotopic (exact) mass is 479 g/mol. The van der Waals surface area contributed by atoms with Crippen LogP contribution in [0.4, 0.5) is 0 Å². The van der Waals surface area contributed by atoms with E-state index in [0.29, 0.717) is 32.5 Å². The second-order valence-electron chi connectivity index (χ2n) is 8.60. The Hall–Kier alpha value is -2.83. The van der Waals surface area contributed by atoms with E-state index in [1.807, 2.05) is 47.4 Å². The zero-order chi connectivity index (χ0) is 23.6. The van der Waals surface area contributed by atoms with E-state index in [-0.39, 0.29) is 12.0 Å². The number of hydrogen-bond acceptors (Lipinski definition) is 5. The molecule has 5 nitrogen and oxygen atoms in total. The van der Waals surface area contributed by atoms with Crippen molar-refractivity contribution in [2.75, 3.05) is 26.9 Å². The number of para-hydroxylation sites is 1. The first-order valence-corrected chi connectivity index (χ1v) is 12.9. The van der Waals surface area contributed by atoms with Gasteiger partial charge in [-0.2, -0.15) is 11.3 Å². The number of amides is 1. The van der Waals surface area contributed by atoms with Crippen molar-refractivity contribution in [2.45, 2.75) is 44.8 Å². The molecule has 1 aliphatic heterocycles. The van der Waals surface area contributed by atoms with Crippen molar-refractivity contribution in [1.29, 1.82) is 0 Å². The smallest absolute Gasteiger partial charge is 0.223 e. The minimum atomic E-state index is 0.111. The van der Waals surface area contributed by atoms with Gasteiger partial charge < -0.3 is 19.1 Å². The summed E-state index contributed by atoms with van der Waals surface area (Å²) in [6, 6.07) is 18.1. The number of ether oxygens (including phenoxy) is 3. The summed E-state index contributed by atoms with van der Waals surface area (Å²) in [4.78, 5) is 15.2. The lowest BCUT2D eigenvalue weighted by atomic mass is 10.1. The minimum Gasteiger partial charge on any atom is -0.496 e. The number of hydrogen-bond donors (Lipinski definition) is 0. The largest absolute Gasteiger partial charge is 0.496 e. The third kappa shape index (κ3) is 7.08. The highest BCUT2D eigenvalue weighted by Crippen LogP contribution is 2.22. The highest BCUT2D eigenvalue weighted by atomic mass is 32.1. The van der Waals surface area contributed by atoms with Crippen LogP contribution in [0.25, 0.3) is 0 Å². The van der Waals surface area contributed by atoms with E-state index in [2.05, 4.69) is 22.9 Å². The fraction of sp³-hybridized carbons (Fsp3) is 0.393. The summed E-state index contributed by atoms with van der Waals surface area (Å²) in [5, 5.41) is 4.24. The second kappa shape index (κ2) is 12.6. The average Bonchev–Trinajstić information content (AvgIpc) is 3.57. The van der Waals surface area contributed by atoms with Crippen LogP contribution in [0.1, 0.15) is 36.0 Å². The van der Waals surface area contributed by atoms with Crippen molar-refractivity contribution in [1.82, 2.24) is 4.90 Å². The third-order valence-electron chi connectivity index (χ3n) is 6.11. The highest BCUT2D eigenvalue weighted by molar-refractivity contribution is 7.07. The van der Waals surface area contributed by atoms with Gasteiger partial charge in [0.25, 0.3) is 0 Å². The van der Waals surface area contributed by atoms with Crippen LogP contribution >= 0.6 is 11.3 Å². The number of benzene rings is 2. The Balaban J connectivity index is 1.38. The molecule has 1 amide bonds. The molecule has 180 valence electrons. The summed E-state index contributed by atoms with van der Waals surface area (Å²) >= 11 is 1.70. The molecule has 1 aromatic heterocycles. The molecular formula is C28H33NO4S. The Morgan fingerprint density at radius 3 is 2.82 bits per heavy atom. The quantitative estimate of drug-likeness (QED) is 0.343. The second-order valence-corrected chi connectivity index (χ2v) is 9.38. The molecule has 0 saturated carbocycles.